The Morgan fingerprint density at radius 3 is 1.95 bits per heavy atom. The van der Waals surface area contributed by atoms with E-state index in [1.807, 2.05) is 0 Å². The van der Waals surface area contributed by atoms with Crippen LogP contribution < -0.4 is 5.32 Å². The fourth-order valence-corrected chi connectivity index (χ4v) is 1.97. The van der Waals surface area contributed by atoms with Crippen molar-refractivity contribution in [1.29, 1.82) is 0 Å². The van der Waals surface area contributed by atoms with Crippen LogP contribution in [0.15, 0.2) is 0 Å². The second kappa shape index (κ2) is 6.71. The van der Waals surface area contributed by atoms with Gasteiger partial charge in [-0.25, -0.2) is 4.79 Å². The number of Topliss-reactive ketones (excluding diaryl/α,β-unsaturated/α-hetero) is 1. The van der Waals surface area contributed by atoms with E-state index in [2.05, 4.69) is 39.2 Å². The highest BCUT2D eigenvalue weighted by atomic mass is 28.4. The summed E-state index contributed by atoms with van der Waals surface area (Å²) in [4.78, 5) is 23.1. The molecule has 0 rings (SSSR count). The van der Waals surface area contributed by atoms with Crippen molar-refractivity contribution in [2.45, 2.75) is 65.3 Å². The van der Waals surface area contributed by atoms with Gasteiger partial charge < -0.3 is 14.5 Å². The average Bonchev–Trinajstić information content (AvgIpc) is 2.19. The van der Waals surface area contributed by atoms with Crippen LogP contribution in [-0.4, -0.2) is 38.9 Å². The van der Waals surface area contributed by atoms with Gasteiger partial charge in [0.05, 0.1) is 13.2 Å². The summed E-state index contributed by atoms with van der Waals surface area (Å²) < 4.78 is 10.8. The summed E-state index contributed by atoms with van der Waals surface area (Å²) in [6.07, 6.45) is -0.585. The second-order valence-corrected chi connectivity index (χ2v) is 12.3. The third kappa shape index (κ3) is 7.64. The van der Waals surface area contributed by atoms with Crippen molar-refractivity contribution < 1.29 is 18.8 Å². The number of amides is 1. The average molecular weight is 303 g/mol. The van der Waals surface area contributed by atoms with Crippen LogP contribution in [0.5, 0.6) is 0 Å². The Morgan fingerprint density at radius 2 is 1.55 bits per heavy atom. The van der Waals surface area contributed by atoms with Crippen LogP contribution in [-0.2, 0) is 14.0 Å². The quantitative estimate of drug-likeness (QED) is 0.793. The molecule has 0 spiro atoms. The first kappa shape index (κ1) is 19.1. The highest BCUT2D eigenvalue weighted by Crippen LogP contribution is 2.36. The third-order valence-corrected chi connectivity index (χ3v) is 7.71. The van der Waals surface area contributed by atoms with Gasteiger partial charge in [-0.15, -0.1) is 0 Å². The van der Waals surface area contributed by atoms with Gasteiger partial charge in [-0.1, -0.05) is 20.8 Å². The number of hydrogen-bond donors (Lipinski definition) is 1. The lowest BCUT2D eigenvalue weighted by Gasteiger charge is -2.35. The van der Waals surface area contributed by atoms with Crippen molar-refractivity contribution in [2.75, 3.05) is 13.2 Å². The van der Waals surface area contributed by atoms with Crippen LogP contribution in [0.1, 0.15) is 41.5 Å². The van der Waals surface area contributed by atoms with Gasteiger partial charge in [0.15, 0.2) is 14.1 Å². The second-order valence-electron chi connectivity index (χ2n) is 7.44. The normalized spacial score (nSPS) is 13.0. The molecule has 0 aromatic carbocycles. The van der Waals surface area contributed by atoms with Crippen LogP contribution in [0.4, 0.5) is 4.79 Å². The first-order chi connectivity index (χ1) is 8.74. The highest BCUT2D eigenvalue weighted by Gasteiger charge is 2.37. The van der Waals surface area contributed by atoms with Crippen LogP contribution >= 0.6 is 0 Å². The number of alkyl carbamates (subject to hydrolysis) is 1. The number of ether oxygens (including phenoxy) is 1. The highest BCUT2D eigenvalue weighted by molar-refractivity contribution is 6.74. The molecule has 0 aromatic rings. The molecule has 0 bridgehead atoms. The molecule has 1 amide bonds. The summed E-state index contributed by atoms with van der Waals surface area (Å²) in [6, 6.07) is 0. The van der Waals surface area contributed by atoms with Crippen LogP contribution in [0, 0.1) is 0 Å². The molecule has 118 valence electrons. The summed E-state index contributed by atoms with van der Waals surface area (Å²) in [6.45, 7) is 15.8. The molecule has 0 saturated heterocycles. The maximum Gasteiger partial charge on any atom is 0.408 e. The van der Waals surface area contributed by atoms with Crippen molar-refractivity contribution in [1.82, 2.24) is 5.32 Å². The Morgan fingerprint density at radius 1 is 1.05 bits per heavy atom. The standard InChI is InChI=1S/C14H29NO4Si/c1-13(2,3)19-12(17)15-9-11(16)10-18-20(7,8)14(4,5)6/h9-10H2,1-8H3,(H,15,17). The number of carbonyl (C=O) groups is 2. The van der Waals surface area contributed by atoms with Gasteiger partial charge >= 0.3 is 6.09 Å². The first-order valence-corrected chi connectivity index (χ1v) is 9.78. The molecule has 0 unspecified atom stereocenters. The van der Waals surface area contributed by atoms with Crippen LogP contribution in [0.25, 0.3) is 0 Å². The molecule has 0 atom stereocenters. The fourth-order valence-electron chi connectivity index (χ4n) is 1.01. The first-order valence-electron chi connectivity index (χ1n) is 6.87. The summed E-state index contributed by atoms with van der Waals surface area (Å²) in [5, 5.41) is 2.50. The Hall–Kier alpha value is -0.883. The van der Waals surface area contributed by atoms with Gasteiger partial charge in [-0.3, -0.25) is 4.79 Å². The smallest absolute Gasteiger partial charge is 0.408 e. The predicted octanol–water partition coefficient (Wildman–Crippen LogP) is 3.10. The summed E-state index contributed by atoms with van der Waals surface area (Å²) in [5.74, 6) is -0.152. The van der Waals surface area contributed by atoms with E-state index < -0.39 is 20.0 Å². The molecule has 0 fully saturated rings. The van der Waals surface area contributed by atoms with E-state index >= 15 is 0 Å². The SMILES string of the molecule is CC(C)(C)OC(=O)NCC(=O)CO[Si](C)(C)C(C)(C)C. The lowest BCUT2D eigenvalue weighted by atomic mass is 10.2. The Kier molecular flexibility index (Phi) is 6.42. The van der Waals surface area contributed by atoms with Crippen LogP contribution in [0.2, 0.25) is 18.1 Å². The number of carbonyl (C=O) groups excluding carboxylic acids is 2. The van der Waals surface area contributed by atoms with Gasteiger partial charge in [0, 0.05) is 0 Å². The molecule has 0 saturated carbocycles. The molecule has 6 heteroatoms. The van der Waals surface area contributed by atoms with E-state index in [0.29, 0.717) is 0 Å². The van der Waals surface area contributed by atoms with E-state index in [4.69, 9.17) is 9.16 Å². The number of rotatable bonds is 5. The molecule has 1 N–H and O–H groups in total. The topological polar surface area (TPSA) is 64.6 Å². The van der Waals surface area contributed by atoms with E-state index in [0.717, 1.165) is 0 Å². The molecular formula is C14H29NO4Si. The fraction of sp³-hybridized carbons (Fsp3) is 0.857. The largest absolute Gasteiger partial charge is 0.444 e. The molecular weight excluding hydrogens is 274 g/mol. The maximum absolute atomic E-state index is 11.7. The lowest BCUT2D eigenvalue weighted by Crippen LogP contribution is -2.43. The van der Waals surface area contributed by atoms with Crippen LogP contribution in [0.3, 0.4) is 0 Å². The monoisotopic (exact) mass is 303 g/mol. The van der Waals surface area contributed by atoms with Gasteiger partial charge in [0.2, 0.25) is 0 Å². The Balaban J connectivity index is 4.12. The van der Waals surface area contributed by atoms with Crippen molar-refractivity contribution in [3.8, 4) is 0 Å². The van der Waals surface area contributed by atoms with Gasteiger partial charge in [0.1, 0.15) is 5.60 Å². The minimum Gasteiger partial charge on any atom is -0.444 e. The molecule has 0 aliphatic heterocycles. The molecule has 0 radical (unpaired) electrons. The van der Waals surface area contributed by atoms with E-state index in [9.17, 15) is 9.59 Å². The van der Waals surface area contributed by atoms with Crippen molar-refractivity contribution in [3.63, 3.8) is 0 Å². The zero-order valence-electron chi connectivity index (χ0n) is 14.0. The Labute approximate surface area is 123 Å². The van der Waals surface area contributed by atoms with Crippen molar-refractivity contribution >= 4 is 20.2 Å². The Bertz CT molecular complexity index is 353. The van der Waals surface area contributed by atoms with Gasteiger partial charge in [-0.2, -0.15) is 0 Å². The molecule has 0 aliphatic rings. The summed E-state index contributed by atoms with van der Waals surface area (Å²) >= 11 is 0. The molecule has 0 aromatic heterocycles. The van der Waals surface area contributed by atoms with Crippen molar-refractivity contribution in [3.05, 3.63) is 0 Å². The predicted molar refractivity (Wildman–Crippen MR) is 82.4 cm³/mol. The minimum atomic E-state index is -1.93. The summed E-state index contributed by atoms with van der Waals surface area (Å²) in [7, 11) is -1.93. The number of hydrogen-bond acceptors (Lipinski definition) is 4. The van der Waals surface area contributed by atoms with E-state index in [1.54, 1.807) is 20.8 Å². The zero-order valence-corrected chi connectivity index (χ0v) is 15.0. The summed E-state index contributed by atoms with van der Waals surface area (Å²) in [5.41, 5.74) is -0.565. The molecule has 0 aliphatic carbocycles. The van der Waals surface area contributed by atoms with E-state index in [1.165, 1.54) is 0 Å². The number of nitrogens with one attached hydrogen (secondary N) is 1. The zero-order chi connectivity index (χ0) is 16.2. The maximum atomic E-state index is 11.7. The van der Waals surface area contributed by atoms with Crippen molar-refractivity contribution in [2.24, 2.45) is 0 Å². The third-order valence-electron chi connectivity index (χ3n) is 3.23. The minimum absolute atomic E-state index is 0.0340. The number of ketones is 1. The molecule has 0 heterocycles. The van der Waals surface area contributed by atoms with E-state index in [-0.39, 0.29) is 24.0 Å². The molecule has 5 nitrogen and oxygen atoms in total. The molecule has 20 heavy (non-hydrogen) atoms. The lowest BCUT2D eigenvalue weighted by molar-refractivity contribution is -0.120. The van der Waals surface area contributed by atoms with Gasteiger partial charge in [-0.05, 0) is 38.9 Å². The van der Waals surface area contributed by atoms with Gasteiger partial charge in [0.25, 0.3) is 0 Å².